The Labute approximate surface area is 166 Å². The van der Waals surface area contributed by atoms with E-state index in [1.54, 1.807) is 23.0 Å². The number of nitrogens with one attached hydrogen (secondary N) is 1. The summed E-state index contributed by atoms with van der Waals surface area (Å²) in [4.78, 5) is 4.57. The van der Waals surface area contributed by atoms with Gasteiger partial charge in [0, 0.05) is 54.2 Å². The minimum atomic E-state index is -0.250. The number of benzene rings is 1. The molecule has 0 saturated heterocycles. The lowest BCUT2D eigenvalue weighted by Gasteiger charge is -2.12. The van der Waals surface area contributed by atoms with E-state index in [4.69, 9.17) is 4.74 Å². The Bertz CT molecular complexity index is 1240. The molecule has 5 rings (SSSR count). The molecule has 1 aromatic carbocycles. The Morgan fingerprint density at radius 2 is 2.14 bits per heavy atom. The summed E-state index contributed by atoms with van der Waals surface area (Å²) in [5, 5.41) is 16.0. The van der Waals surface area contributed by atoms with Crippen LogP contribution in [-0.2, 0) is 20.0 Å². The van der Waals surface area contributed by atoms with Crippen LogP contribution >= 0.6 is 0 Å². The maximum atomic E-state index is 14.4. The van der Waals surface area contributed by atoms with E-state index in [2.05, 4.69) is 25.6 Å². The van der Waals surface area contributed by atoms with Gasteiger partial charge in [-0.2, -0.15) is 5.10 Å². The molecule has 0 spiro atoms. The average Bonchev–Trinajstić information content (AvgIpc) is 3.42. The predicted octanol–water partition coefficient (Wildman–Crippen LogP) is 2.83. The van der Waals surface area contributed by atoms with Crippen molar-refractivity contribution >= 4 is 11.6 Å². The van der Waals surface area contributed by atoms with E-state index >= 15 is 0 Å². The molecule has 4 aromatic rings. The highest BCUT2D eigenvalue weighted by Crippen LogP contribution is 2.32. The van der Waals surface area contributed by atoms with E-state index < -0.39 is 0 Å². The third-order valence-corrected chi connectivity index (χ3v) is 5.48. The molecule has 0 atom stereocenters. The first-order valence-corrected chi connectivity index (χ1v) is 9.41. The summed E-state index contributed by atoms with van der Waals surface area (Å²) in [5.41, 5.74) is 5.96. The second-order valence-corrected chi connectivity index (χ2v) is 7.14. The topological polar surface area (TPSA) is 82.2 Å². The van der Waals surface area contributed by atoms with Crippen LogP contribution in [0.2, 0.25) is 0 Å². The molecule has 8 nitrogen and oxygen atoms in total. The largest absolute Gasteiger partial charge is 0.493 e. The first kappa shape index (κ1) is 17.6. The van der Waals surface area contributed by atoms with Gasteiger partial charge in [0.25, 0.3) is 0 Å². The van der Waals surface area contributed by atoms with E-state index in [0.717, 1.165) is 33.8 Å². The van der Waals surface area contributed by atoms with Crippen LogP contribution in [0.5, 0.6) is 5.75 Å². The molecule has 1 aliphatic heterocycles. The molecule has 4 heterocycles. The average molecular weight is 393 g/mol. The SMILES string of the molecule is Cc1nn(C)c(C)c1-c1cnc(NCc2c(F)ccc3c2CCO3)n2cnnc12. The maximum absolute atomic E-state index is 14.4. The van der Waals surface area contributed by atoms with Gasteiger partial charge < -0.3 is 10.1 Å². The summed E-state index contributed by atoms with van der Waals surface area (Å²) < 4.78 is 23.6. The quantitative estimate of drug-likeness (QED) is 0.574. The number of nitrogens with zero attached hydrogens (tertiary/aromatic N) is 6. The Morgan fingerprint density at radius 1 is 1.28 bits per heavy atom. The van der Waals surface area contributed by atoms with E-state index in [9.17, 15) is 4.39 Å². The molecule has 0 fully saturated rings. The lowest BCUT2D eigenvalue weighted by atomic mass is 10.0. The van der Waals surface area contributed by atoms with Gasteiger partial charge in [-0.1, -0.05) is 0 Å². The number of hydrogen-bond acceptors (Lipinski definition) is 6. The van der Waals surface area contributed by atoms with Crippen molar-refractivity contribution in [3.8, 4) is 16.9 Å². The van der Waals surface area contributed by atoms with Gasteiger partial charge in [-0.15, -0.1) is 10.2 Å². The molecular formula is C20H20FN7O. The smallest absolute Gasteiger partial charge is 0.210 e. The number of hydrogen-bond donors (Lipinski definition) is 1. The van der Waals surface area contributed by atoms with Crippen molar-refractivity contribution in [3.05, 3.63) is 53.0 Å². The third-order valence-electron chi connectivity index (χ3n) is 5.48. The van der Waals surface area contributed by atoms with Crippen molar-refractivity contribution in [1.29, 1.82) is 0 Å². The molecule has 0 aliphatic carbocycles. The van der Waals surface area contributed by atoms with Gasteiger partial charge in [0.15, 0.2) is 5.65 Å². The fourth-order valence-electron chi connectivity index (χ4n) is 3.96. The second kappa shape index (κ2) is 6.54. The molecule has 1 aliphatic rings. The molecule has 3 aromatic heterocycles. The molecule has 29 heavy (non-hydrogen) atoms. The van der Waals surface area contributed by atoms with Gasteiger partial charge in [0.2, 0.25) is 5.95 Å². The molecule has 0 saturated carbocycles. The van der Waals surface area contributed by atoms with E-state index in [1.165, 1.54) is 6.07 Å². The van der Waals surface area contributed by atoms with Gasteiger partial charge >= 0.3 is 0 Å². The number of ether oxygens (including phenoxy) is 1. The standard InChI is InChI=1S/C20H20FN7O/c1-11-18(12(2)27(3)26-11)15-9-23-20(28-10-24-25-19(15)28)22-8-14-13-6-7-29-17(13)5-4-16(14)21/h4-5,9-10H,6-8H2,1-3H3,(H,22,23). The van der Waals surface area contributed by atoms with Crippen molar-refractivity contribution in [1.82, 2.24) is 29.4 Å². The van der Waals surface area contributed by atoms with Crippen LogP contribution in [0, 0.1) is 19.7 Å². The van der Waals surface area contributed by atoms with Crippen LogP contribution in [0.1, 0.15) is 22.5 Å². The van der Waals surface area contributed by atoms with E-state index in [1.807, 2.05) is 25.6 Å². The van der Waals surface area contributed by atoms with Crippen LogP contribution in [0.25, 0.3) is 16.8 Å². The highest BCUT2D eigenvalue weighted by Gasteiger charge is 2.21. The Balaban J connectivity index is 1.52. The zero-order valence-corrected chi connectivity index (χ0v) is 16.4. The van der Waals surface area contributed by atoms with Crippen molar-refractivity contribution in [2.75, 3.05) is 11.9 Å². The summed E-state index contributed by atoms with van der Waals surface area (Å²) in [6.07, 6.45) is 4.07. The van der Waals surface area contributed by atoms with Gasteiger partial charge in [0.1, 0.15) is 17.9 Å². The van der Waals surface area contributed by atoms with Crippen LogP contribution in [-0.4, -0.2) is 36.0 Å². The van der Waals surface area contributed by atoms with Crippen LogP contribution in [0.15, 0.2) is 24.7 Å². The maximum Gasteiger partial charge on any atom is 0.210 e. The Morgan fingerprint density at radius 3 is 2.93 bits per heavy atom. The predicted molar refractivity (Wildman–Crippen MR) is 105 cm³/mol. The van der Waals surface area contributed by atoms with E-state index in [0.29, 0.717) is 36.7 Å². The number of halogens is 1. The lowest BCUT2D eigenvalue weighted by molar-refractivity contribution is 0.356. The third kappa shape index (κ3) is 2.72. The van der Waals surface area contributed by atoms with Gasteiger partial charge in [-0.3, -0.25) is 9.08 Å². The normalized spacial score (nSPS) is 13.0. The van der Waals surface area contributed by atoms with E-state index in [-0.39, 0.29) is 5.82 Å². The molecular weight excluding hydrogens is 373 g/mol. The molecule has 0 amide bonds. The number of aryl methyl sites for hydroxylation is 2. The monoisotopic (exact) mass is 393 g/mol. The first-order valence-electron chi connectivity index (χ1n) is 9.41. The lowest BCUT2D eigenvalue weighted by Crippen LogP contribution is -2.10. The minimum absolute atomic E-state index is 0.250. The zero-order valence-electron chi connectivity index (χ0n) is 16.4. The number of fused-ring (bicyclic) bond motifs is 2. The summed E-state index contributed by atoms with van der Waals surface area (Å²) >= 11 is 0. The summed E-state index contributed by atoms with van der Waals surface area (Å²) in [5.74, 6) is 1.05. The Hall–Kier alpha value is -3.49. The number of rotatable bonds is 4. The second-order valence-electron chi connectivity index (χ2n) is 7.14. The van der Waals surface area contributed by atoms with Crippen LogP contribution in [0.3, 0.4) is 0 Å². The number of anilines is 1. The van der Waals surface area contributed by atoms with Crippen molar-refractivity contribution in [2.24, 2.45) is 7.05 Å². The summed E-state index contributed by atoms with van der Waals surface area (Å²) in [6.45, 7) is 4.85. The molecule has 0 bridgehead atoms. The molecule has 9 heteroatoms. The highest BCUT2D eigenvalue weighted by atomic mass is 19.1. The minimum Gasteiger partial charge on any atom is -0.493 e. The molecule has 148 valence electrons. The summed E-state index contributed by atoms with van der Waals surface area (Å²) in [6, 6.07) is 3.13. The van der Waals surface area contributed by atoms with Crippen LogP contribution in [0.4, 0.5) is 10.3 Å². The molecule has 0 radical (unpaired) electrons. The Kier molecular flexibility index (Phi) is 3.97. The van der Waals surface area contributed by atoms with Crippen molar-refractivity contribution in [2.45, 2.75) is 26.8 Å². The zero-order chi connectivity index (χ0) is 20.1. The molecule has 0 unspecified atom stereocenters. The van der Waals surface area contributed by atoms with Crippen LogP contribution < -0.4 is 10.1 Å². The number of aromatic nitrogens is 6. The van der Waals surface area contributed by atoms with Gasteiger partial charge in [-0.05, 0) is 26.0 Å². The first-order chi connectivity index (χ1) is 14.0. The highest BCUT2D eigenvalue weighted by molar-refractivity contribution is 5.80. The fraction of sp³-hybridized carbons (Fsp3) is 0.300. The van der Waals surface area contributed by atoms with Gasteiger partial charge in [-0.25, -0.2) is 9.37 Å². The van der Waals surface area contributed by atoms with Gasteiger partial charge in [0.05, 0.1) is 12.3 Å². The fourth-order valence-corrected chi connectivity index (χ4v) is 3.96. The molecule has 1 N–H and O–H groups in total. The summed E-state index contributed by atoms with van der Waals surface area (Å²) in [7, 11) is 1.91. The van der Waals surface area contributed by atoms with Crippen molar-refractivity contribution in [3.63, 3.8) is 0 Å². The van der Waals surface area contributed by atoms with Crippen molar-refractivity contribution < 1.29 is 9.13 Å².